The Morgan fingerprint density at radius 1 is 1.41 bits per heavy atom. The number of hydrazone groups is 1. The van der Waals surface area contributed by atoms with Gasteiger partial charge in [0.15, 0.2) is 0 Å². The minimum atomic E-state index is -0.269. The standard InChI is InChI=1S/C16H18IN3O2/c1-11(2)20-7-6-12(10-20)9-18-19-16(21)13-4-5-14(17)15(8-13)22-3/h4-11H,1-3H3,(H,19,21)/b18-9+. The molecule has 0 saturated heterocycles. The average Bonchev–Trinajstić information content (AvgIpc) is 2.96. The molecule has 0 atom stereocenters. The second kappa shape index (κ2) is 7.44. The second-order valence-corrected chi connectivity index (χ2v) is 6.20. The van der Waals surface area contributed by atoms with Gasteiger partial charge in [0.25, 0.3) is 5.91 Å². The zero-order valence-corrected chi connectivity index (χ0v) is 14.9. The summed E-state index contributed by atoms with van der Waals surface area (Å²) < 4.78 is 8.24. The van der Waals surface area contributed by atoms with Crippen LogP contribution in [-0.2, 0) is 0 Å². The van der Waals surface area contributed by atoms with Gasteiger partial charge in [-0.25, -0.2) is 5.43 Å². The molecule has 2 rings (SSSR count). The van der Waals surface area contributed by atoms with Crippen molar-refractivity contribution in [2.75, 3.05) is 7.11 Å². The molecule has 116 valence electrons. The van der Waals surface area contributed by atoms with Crippen LogP contribution in [0.2, 0.25) is 0 Å². The van der Waals surface area contributed by atoms with E-state index in [4.69, 9.17) is 4.74 Å². The maximum Gasteiger partial charge on any atom is 0.271 e. The molecule has 1 amide bonds. The Balaban J connectivity index is 2.01. The Hall–Kier alpha value is -1.83. The van der Waals surface area contributed by atoms with E-state index in [1.165, 1.54) is 0 Å². The lowest BCUT2D eigenvalue weighted by Crippen LogP contribution is -2.17. The second-order valence-electron chi connectivity index (χ2n) is 5.03. The van der Waals surface area contributed by atoms with E-state index in [1.807, 2.05) is 24.5 Å². The molecule has 6 heteroatoms. The lowest BCUT2D eigenvalue weighted by molar-refractivity contribution is 0.0955. The van der Waals surface area contributed by atoms with E-state index in [9.17, 15) is 4.79 Å². The van der Waals surface area contributed by atoms with Crippen molar-refractivity contribution in [2.45, 2.75) is 19.9 Å². The van der Waals surface area contributed by atoms with Crippen molar-refractivity contribution >= 4 is 34.7 Å². The van der Waals surface area contributed by atoms with Gasteiger partial charge in [0.05, 0.1) is 16.9 Å². The van der Waals surface area contributed by atoms with Gasteiger partial charge >= 0.3 is 0 Å². The highest BCUT2D eigenvalue weighted by Crippen LogP contribution is 2.21. The fourth-order valence-electron chi connectivity index (χ4n) is 1.86. The number of hydrogen-bond acceptors (Lipinski definition) is 3. The quantitative estimate of drug-likeness (QED) is 0.466. The summed E-state index contributed by atoms with van der Waals surface area (Å²) in [6.07, 6.45) is 5.59. The van der Waals surface area contributed by atoms with Crippen molar-refractivity contribution in [3.05, 3.63) is 51.4 Å². The normalized spacial score (nSPS) is 11.1. The molecular formula is C16H18IN3O2. The highest BCUT2D eigenvalue weighted by molar-refractivity contribution is 14.1. The molecule has 5 nitrogen and oxygen atoms in total. The first-order valence-electron chi connectivity index (χ1n) is 6.85. The molecule has 0 saturated carbocycles. The van der Waals surface area contributed by atoms with E-state index in [2.05, 4.69) is 51.5 Å². The van der Waals surface area contributed by atoms with Gasteiger partial charge in [-0.1, -0.05) is 0 Å². The molecule has 0 aliphatic heterocycles. The number of benzene rings is 1. The summed E-state index contributed by atoms with van der Waals surface area (Å²) in [4.78, 5) is 12.0. The van der Waals surface area contributed by atoms with Crippen molar-refractivity contribution in [3.63, 3.8) is 0 Å². The summed E-state index contributed by atoms with van der Waals surface area (Å²) in [5.74, 6) is 0.403. The van der Waals surface area contributed by atoms with Crippen LogP contribution in [0.1, 0.15) is 35.8 Å². The van der Waals surface area contributed by atoms with Crippen LogP contribution >= 0.6 is 22.6 Å². The predicted molar refractivity (Wildman–Crippen MR) is 95.6 cm³/mol. The largest absolute Gasteiger partial charge is 0.496 e. The summed E-state index contributed by atoms with van der Waals surface area (Å²) in [6, 6.07) is 7.62. The number of amides is 1. The number of nitrogens with zero attached hydrogens (tertiary/aromatic N) is 2. The van der Waals surface area contributed by atoms with E-state index < -0.39 is 0 Å². The van der Waals surface area contributed by atoms with Crippen LogP contribution in [0.25, 0.3) is 0 Å². The van der Waals surface area contributed by atoms with Crippen molar-refractivity contribution in [2.24, 2.45) is 5.10 Å². The number of methoxy groups -OCH3 is 1. The number of carbonyl (C=O) groups is 1. The number of halogens is 1. The number of carbonyl (C=O) groups excluding carboxylic acids is 1. The molecule has 2 aromatic rings. The first-order valence-corrected chi connectivity index (χ1v) is 7.93. The molecule has 0 fully saturated rings. The summed E-state index contributed by atoms with van der Waals surface area (Å²) in [5, 5.41) is 3.99. The first-order chi connectivity index (χ1) is 10.5. The third kappa shape index (κ3) is 4.09. The number of nitrogens with one attached hydrogen (secondary N) is 1. The Morgan fingerprint density at radius 2 is 2.18 bits per heavy atom. The smallest absolute Gasteiger partial charge is 0.271 e. The molecule has 0 unspecified atom stereocenters. The third-order valence-corrected chi connectivity index (χ3v) is 4.02. The van der Waals surface area contributed by atoms with E-state index in [0.29, 0.717) is 17.4 Å². The summed E-state index contributed by atoms with van der Waals surface area (Å²) in [6.45, 7) is 4.21. The fourth-order valence-corrected chi connectivity index (χ4v) is 2.41. The van der Waals surface area contributed by atoms with Crippen LogP contribution in [0.5, 0.6) is 5.75 Å². The highest BCUT2D eigenvalue weighted by atomic mass is 127. The predicted octanol–water partition coefficient (Wildman–Crippen LogP) is 3.45. The highest BCUT2D eigenvalue weighted by Gasteiger charge is 2.08. The molecule has 0 radical (unpaired) electrons. The van der Waals surface area contributed by atoms with Crippen LogP contribution in [-0.4, -0.2) is 23.8 Å². The van der Waals surface area contributed by atoms with Gasteiger partial charge in [0.1, 0.15) is 5.75 Å². The van der Waals surface area contributed by atoms with Crippen molar-refractivity contribution in [3.8, 4) is 5.75 Å². The molecule has 0 spiro atoms. The monoisotopic (exact) mass is 411 g/mol. The first kappa shape index (κ1) is 16.5. The molecule has 1 heterocycles. The molecule has 0 aliphatic rings. The maximum atomic E-state index is 12.0. The number of ether oxygens (including phenoxy) is 1. The molecule has 0 aliphatic carbocycles. The minimum Gasteiger partial charge on any atom is -0.496 e. The van der Waals surface area contributed by atoms with Crippen LogP contribution in [0, 0.1) is 3.57 Å². The third-order valence-electron chi connectivity index (χ3n) is 3.13. The van der Waals surface area contributed by atoms with E-state index in [0.717, 1.165) is 9.13 Å². The number of aromatic nitrogens is 1. The van der Waals surface area contributed by atoms with Crippen LogP contribution in [0.4, 0.5) is 0 Å². The molecule has 0 bridgehead atoms. The van der Waals surface area contributed by atoms with Gasteiger partial charge in [-0.3, -0.25) is 4.79 Å². The maximum absolute atomic E-state index is 12.0. The van der Waals surface area contributed by atoms with Crippen LogP contribution < -0.4 is 10.2 Å². The zero-order chi connectivity index (χ0) is 16.1. The van der Waals surface area contributed by atoms with Crippen LogP contribution in [0.15, 0.2) is 41.8 Å². The Morgan fingerprint density at radius 3 is 2.82 bits per heavy atom. The minimum absolute atomic E-state index is 0.269. The molecular weight excluding hydrogens is 393 g/mol. The van der Waals surface area contributed by atoms with Crippen molar-refractivity contribution in [1.29, 1.82) is 0 Å². The fraction of sp³-hybridized carbons (Fsp3) is 0.250. The molecule has 22 heavy (non-hydrogen) atoms. The topological polar surface area (TPSA) is 55.6 Å². The average molecular weight is 411 g/mol. The molecule has 1 N–H and O–H groups in total. The van der Waals surface area contributed by atoms with Crippen LogP contribution in [0.3, 0.4) is 0 Å². The molecule has 1 aromatic heterocycles. The Bertz CT molecular complexity index is 692. The molecule has 1 aromatic carbocycles. The number of hydrogen-bond donors (Lipinski definition) is 1. The van der Waals surface area contributed by atoms with Gasteiger partial charge in [-0.05, 0) is 60.7 Å². The Labute approximate surface area is 143 Å². The van der Waals surface area contributed by atoms with Gasteiger partial charge in [-0.2, -0.15) is 5.10 Å². The number of rotatable bonds is 5. The lowest BCUT2D eigenvalue weighted by atomic mass is 10.2. The van der Waals surface area contributed by atoms with E-state index >= 15 is 0 Å². The Kier molecular flexibility index (Phi) is 5.59. The van der Waals surface area contributed by atoms with Crippen molar-refractivity contribution in [1.82, 2.24) is 9.99 Å². The summed E-state index contributed by atoms with van der Waals surface area (Å²) in [5.41, 5.74) is 3.97. The van der Waals surface area contributed by atoms with Gasteiger partial charge < -0.3 is 9.30 Å². The van der Waals surface area contributed by atoms with Gasteiger partial charge in [0, 0.05) is 29.6 Å². The van der Waals surface area contributed by atoms with Gasteiger partial charge in [0.2, 0.25) is 0 Å². The summed E-state index contributed by atoms with van der Waals surface area (Å²) >= 11 is 2.16. The SMILES string of the molecule is COc1cc(C(=O)N/N=C/c2ccn(C(C)C)c2)ccc1I. The zero-order valence-electron chi connectivity index (χ0n) is 12.7. The van der Waals surface area contributed by atoms with E-state index in [1.54, 1.807) is 25.5 Å². The summed E-state index contributed by atoms with van der Waals surface area (Å²) in [7, 11) is 1.58. The van der Waals surface area contributed by atoms with E-state index in [-0.39, 0.29) is 5.91 Å². The van der Waals surface area contributed by atoms with Crippen molar-refractivity contribution < 1.29 is 9.53 Å². The lowest BCUT2D eigenvalue weighted by Gasteiger charge is -2.05. The van der Waals surface area contributed by atoms with Gasteiger partial charge in [-0.15, -0.1) is 0 Å².